The van der Waals surface area contributed by atoms with Crippen LogP contribution in [0, 0.1) is 0 Å². The molecule has 0 saturated heterocycles. The van der Waals surface area contributed by atoms with Crippen LogP contribution in [0.15, 0.2) is 30.3 Å². The first-order valence-corrected chi connectivity index (χ1v) is 5.68. The molecule has 86 valence electrons. The average Bonchev–Trinajstić information content (AvgIpc) is 2.37. The van der Waals surface area contributed by atoms with E-state index in [4.69, 9.17) is 4.74 Å². The summed E-state index contributed by atoms with van der Waals surface area (Å²) in [5.74, 6) is 0.974. The lowest BCUT2D eigenvalue weighted by molar-refractivity contribution is -0.116. The van der Waals surface area contributed by atoms with Crippen molar-refractivity contribution in [2.75, 3.05) is 12.4 Å². The molecule has 1 aliphatic rings. The number of benzene rings is 2. The van der Waals surface area contributed by atoms with Crippen molar-refractivity contribution in [1.29, 1.82) is 0 Å². The van der Waals surface area contributed by atoms with Crippen LogP contribution < -0.4 is 10.1 Å². The second-order valence-corrected chi connectivity index (χ2v) is 4.20. The number of aryl methyl sites for hydroxylation is 1. The first-order valence-electron chi connectivity index (χ1n) is 5.68. The summed E-state index contributed by atoms with van der Waals surface area (Å²) in [5.41, 5.74) is 2.14. The fourth-order valence-electron chi connectivity index (χ4n) is 2.41. The van der Waals surface area contributed by atoms with Gasteiger partial charge in [0.15, 0.2) is 0 Å². The van der Waals surface area contributed by atoms with Crippen molar-refractivity contribution in [3.8, 4) is 5.75 Å². The van der Waals surface area contributed by atoms with Crippen LogP contribution in [0.2, 0.25) is 0 Å². The molecular weight excluding hydrogens is 214 g/mol. The van der Waals surface area contributed by atoms with Crippen LogP contribution >= 0.6 is 0 Å². The smallest absolute Gasteiger partial charge is 0.224 e. The minimum atomic E-state index is 0.0970. The maximum Gasteiger partial charge on any atom is 0.224 e. The first-order chi connectivity index (χ1) is 8.29. The summed E-state index contributed by atoms with van der Waals surface area (Å²) in [6.07, 6.45) is 1.36. The molecule has 1 aliphatic heterocycles. The Morgan fingerprint density at radius 2 is 2.00 bits per heavy atom. The van der Waals surface area contributed by atoms with Crippen molar-refractivity contribution in [1.82, 2.24) is 0 Å². The van der Waals surface area contributed by atoms with Crippen molar-refractivity contribution >= 4 is 22.4 Å². The Bertz CT molecular complexity index is 604. The van der Waals surface area contributed by atoms with Crippen molar-refractivity contribution in [2.45, 2.75) is 12.8 Å². The van der Waals surface area contributed by atoms with Crippen LogP contribution in [0.4, 0.5) is 5.69 Å². The maximum absolute atomic E-state index is 11.3. The Morgan fingerprint density at radius 3 is 2.82 bits per heavy atom. The average molecular weight is 227 g/mol. The number of methoxy groups -OCH3 is 1. The monoisotopic (exact) mass is 227 g/mol. The number of amides is 1. The minimum absolute atomic E-state index is 0.0970. The molecule has 0 aromatic heterocycles. The lowest BCUT2D eigenvalue weighted by Gasteiger charge is -2.19. The first kappa shape index (κ1) is 10.1. The third kappa shape index (κ3) is 1.55. The van der Waals surface area contributed by atoms with Crippen molar-refractivity contribution < 1.29 is 9.53 Å². The molecule has 3 nitrogen and oxygen atoms in total. The fraction of sp³-hybridized carbons (Fsp3) is 0.214. The normalized spacial score (nSPS) is 14.3. The van der Waals surface area contributed by atoms with Gasteiger partial charge in [-0.05, 0) is 35.6 Å². The number of nitrogens with one attached hydrogen (secondary N) is 1. The lowest BCUT2D eigenvalue weighted by Crippen LogP contribution is -2.19. The van der Waals surface area contributed by atoms with E-state index in [1.54, 1.807) is 7.11 Å². The van der Waals surface area contributed by atoms with Crippen LogP contribution in [-0.4, -0.2) is 13.0 Å². The third-order valence-electron chi connectivity index (χ3n) is 3.23. The van der Waals surface area contributed by atoms with Crippen molar-refractivity contribution in [3.05, 3.63) is 35.9 Å². The molecule has 0 saturated carbocycles. The van der Waals surface area contributed by atoms with Gasteiger partial charge in [-0.3, -0.25) is 4.79 Å². The molecular formula is C14H13NO2. The molecule has 3 rings (SSSR count). The largest absolute Gasteiger partial charge is 0.496 e. The summed E-state index contributed by atoms with van der Waals surface area (Å²) < 4.78 is 5.35. The van der Waals surface area contributed by atoms with Crippen LogP contribution in [0.3, 0.4) is 0 Å². The summed E-state index contributed by atoms with van der Waals surface area (Å²) in [5, 5.41) is 5.18. The Hall–Kier alpha value is -2.03. The Kier molecular flexibility index (Phi) is 2.25. The standard InChI is InChI=1S/C14H13NO2/c1-17-13-4-2-3-9-10-6-8-14(16)15-12(10)7-5-11(9)13/h2-5,7H,6,8H2,1H3,(H,15,16). The summed E-state index contributed by atoms with van der Waals surface area (Å²) in [4.78, 5) is 11.3. The second-order valence-electron chi connectivity index (χ2n) is 4.20. The molecule has 1 heterocycles. The number of fused-ring (bicyclic) bond motifs is 3. The highest BCUT2D eigenvalue weighted by Gasteiger charge is 2.17. The zero-order chi connectivity index (χ0) is 11.8. The molecule has 3 heteroatoms. The molecule has 17 heavy (non-hydrogen) atoms. The summed E-state index contributed by atoms with van der Waals surface area (Å²) in [6.45, 7) is 0. The van der Waals surface area contributed by atoms with E-state index in [2.05, 4.69) is 11.4 Å². The maximum atomic E-state index is 11.3. The van der Waals surface area contributed by atoms with Crippen molar-refractivity contribution in [2.24, 2.45) is 0 Å². The van der Waals surface area contributed by atoms with E-state index in [9.17, 15) is 4.79 Å². The zero-order valence-corrected chi connectivity index (χ0v) is 9.62. The summed E-state index contributed by atoms with van der Waals surface area (Å²) in [6, 6.07) is 9.97. The molecule has 0 unspecified atom stereocenters. The highest BCUT2D eigenvalue weighted by Crippen LogP contribution is 2.34. The van der Waals surface area contributed by atoms with E-state index in [0.29, 0.717) is 6.42 Å². The quantitative estimate of drug-likeness (QED) is 0.813. The highest BCUT2D eigenvalue weighted by molar-refractivity contribution is 6.01. The van der Waals surface area contributed by atoms with Gasteiger partial charge in [0.2, 0.25) is 5.91 Å². The van der Waals surface area contributed by atoms with Gasteiger partial charge in [0.1, 0.15) is 5.75 Å². The fourth-order valence-corrected chi connectivity index (χ4v) is 2.41. The molecule has 0 radical (unpaired) electrons. The molecule has 0 bridgehead atoms. The number of hydrogen-bond acceptors (Lipinski definition) is 2. The van der Waals surface area contributed by atoms with Crippen LogP contribution in [-0.2, 0) is 11.2 Å². The van der Waals surface area contributed by atoms with Gasteiger partial charge in [0, 0.05) is 17.5 Å². The molecule has 2 aromatic rings. The van der Waals surface area contributed by atoms with E-state index in [1.807, 2.05) is 24.3 Å². The SMILES string of the molecule is COc1cccc2c3c(ccc12)NC(=O)CC3. The summed E-state index contributed by atoms with van der Waals surface area (Å²) in [7, 11) is 1.68. The van der Waals surface area contributed by atoms with E-state index < -0.39 is 0 Å². The van der Waals surface area contributed by atoms with Crippen LogP contribution in [0.1, 0.15) is 12.0 Å². The molecule has 0 atom stereocenters. The number of ether oxygens (including phenoxy) is 1. The Morgan fingerprint density at radius 1 is 1.12 bits per heavy atom. The second kappa shape index (κ2) is 3.77. The van der Waals surface area contributed by atoms with E-state index in [1.165, 1.54) is 10.9 Å². The number of hydrogen-bond donors (Lipinski definition) is 1. The van der Waals surface area contributed by atoms with E-state index in [-0.39, 0.29) is 5.91 Å². The van der Waals surface area contributed by atoms with Gasteiger partial charge < -0.3 is 10.1 Å². The Balaban J connectivity index is 2.28. The zero-order valence-electron chi connectivity index (χ0n) is 9.62. The molecule has 0 fully saturated rings. The van der Waals surface area contributed by atoms with Crippen molar-refractivity contribution in [3.63, 3.8) is 0 Å². The number of anilines is 1. The van der Waals surface area contributed by atoms with Gasteiger partial charge in [-0.15, -0.1) is 0 Å². The number of rotatable bonds is 1. The topological polar surface area (TPSA) is 38.3 Å². The van der Waals surface area contributed by atoms with E-state index in [0.717, 1.165) is 23.2 Å². The lowest BCUT2D eigenvalue weighted by atomic mass is 9.95. The predicted octanol–water partition coefficient (Wildman–Crippen LogP) is 2.73. The Labute approximate surface area is 99.4 Å². The van der Waals surface area contributed by atoms with Gasteiger partial charge in [0.25, 0.3) is 0 Å². The molecule has 2 aromatic carbocycles. The predicted molar refractivity (Wildman–Crippen MR) is 67.5 cm³/mol. The number of carbonyl (C=O) groups excluding carboxylic acids is 1. The van der Waals surface area contributed by atoms with Gasteiger partial charge in [-0.25, -0.2) is 0 Å². The van der Waals surface area contributed by atoms with Crippen LogP contribution in [0.25, 0.3) is 10.8 Å². The highest BCUT2D eigenvalue weighted by atomic mass is 16.5. The van der Waals surface area contributed by atoms with E-state index >= 15 is 0 Å². The van der Waals surface area contributed by atoms with Crippen LogP contribution in [0.5, 0.6) is 5.75 Å². The number of carbonyl (C=O) groups is 1. The van der Waals surface area contributed by atoms with Gasteiger partial charge in [-0.2, -0.15) is 0 Å². The molecule has 1 N–H and O–H groups in total. The molecule has 0 spiro atoms. The molecule has 0 aliphatic carbocycles. The van der Waals surface area contributed by atoms with Gasteiger partial charge in [0.05, 0.1) is 7.11 Å². The van der Waals surface area contributed by atoms with Gasteiger partial charge >= 0.3 is 0 Å². The van der Waals surface area contributed by atoms with Gasteiger partial charge in [-0.1, -0.05) is 12.1 Å². The summed E-state index contributed by atoms with van der Waals surface area (Å²) >= 11 is 0. The minimum Gasteiger partial charge on any atom is -0.496 e. The third-order valence-corrected chi connectivity index (χ3v) is 3.23. The molecule has 1 amide bonds.